The van der Waals surface area contributed by atoms with E-state index >= 15 is 0 Å². The lowest BCUT2D eigenvalue weighted by Crippen LogP contribution is -2.58. The average Bonchev–Trinajstić information content (AvgIpc) is 2.37. The number of aliphatic carboxylic acids is 1. The van der Waals surface area contributed by atoms with Gasteiger partial charge in [-0.25, -0.2) is 4.79 Å². The fourth-order valence-corrected chi connectivity index (χ4v) is 4.14. The van der Waals surface area contributed by atoms with Crippen molar-refractivity contribution >= 4 is 12.1 Å². The quantitative estimate of drug-likeness (QED) is 0.829. The van der Waals surface area contributed by atoms with Crippen LogP contribution in [0.15, 0.2) is 0 Å². The number of carboxylic acids is 1. The molecule has 0 heterocycles. The Morgan fingerprint density at radius 2 is 1.64 bits per heavy atom. The molecule has 0 spiro atoms. The number of carboxylic acid groups (broad SMARTS) is 1. The second-order valence-corrected chi connectivity index (χ2v) is 8.27. The highest BCUT2D eigenvalue weighted by molar-refractivity contribution is 5.69. The minimum Gasteiger partial charge on any atom is -0.481 e. The summed E-state index contributed by atoms with van der Waals surface area (Å²) in [5, 5.41) is 12.1. The van der Waals surface area contributed by atoms with E-state index in [-0.39, 0.29) is 29.4 Å². The van der Waals surface area contributed by atoms with Gasteiger partial charge in [-0.3, -0.25) is 4.79 Å². The van der Waals surface area contributed by atoms with Crippen LogP contribution in [0.1, 0.15) is 72.6 Å². The van der Waals surface area contributed by atoms with Crippen molar-refractivity contribution in [3.05, 3.63) is 0 Å². The molecule has 0 unspecified atom stereocenters. The number of hydrogen-bond donors (Lipinski definition) is 2. The summed E-state index contributed by atoms with van der Waals surface area (Å²) in [4.78, 5) is 23.0. The lowest BCUT2D eigenvalue weighted by atomic mass is 9.53. The van der Waals surface area contributed by atoms with E-state index in [1.807, 2.05) is 20.8 Å². The molecule has 22 heavy (non-hydrogen) atoms. The molecule has 0 radical (unpaired) electrons. The van der Waals surface area contributed by atoms with E-state index in [0.717, 1.165) is 38.5 Å². The van der Waals surface area contributed by atoms with Crippen LogP contribution in [0.3, 0.4) is 0 Å². The maximum atomic E-state index is 12.1. The summed E-state index contributed by atoms with van der Waals surface area (Å²) in [5.74, 6) is -0.513. The Labute approximate surface area is 132 Å². The van der Waals surface area contributed by atoms with Crippen LogP contribution in [0.25, 0.3) is 0 Å². The normalized spacial score (nSPS) is 32.4. The molecule has 0 aromatic rings. The number of ether oxygens (including phenoxy) is 1. The largest absolute Gasteiger partial charge is 0.481 e. The molecule has 3 fully saturated rings. The van der Waals surface area contributed by atoms with Gasteiger partial charge in [-0.1, -0.05) is 6.92 Å². The third-order valence-electron chi connectivity index (χ3n) is 5.60. The summed E-state index contributed by atoms with van der Waals surface area (Å²) >= 11 is 0. The van der Waals surface area contributed by atoms with Crippen molar-refractivity contribution in [1.29, 1.82) is 0 Å². The molecular formula is C17H29NO4. The molecule has 1 atom stereocenters. The molecule has 0 saturated heterocycles. The average molecular weight is 311 g/mol. The lowest BCUT2D eigenvalue weighted by molar-refractivity contribution is -0.140. The number of carbonyl (C=O) groups excluding carboxylic acids is 1. The highest BCUT2D eigenvalue weighted by atomic mass is 16.6. The van der Waals surface area contributed by atoms with Gasteiger partial charge in [-0.05, 0) is 70.6 Å². The number of hydrogen-bond acceptors (Lipinski definition) is 3. The zero-order valence-corrected chi connectivity index (χ0v) is 14.2. The van der Waals surface area contributed by atoms with Gasteiger partial charge in [0.05, 0.1) is 0 Å². The monoisotopic (exact) mass is 311 g/mol. The molecule has 0 aliphatic heterocycles. The minimum atomic E-state index is -0.712. The van der Waals surface area contributed by atoms with Gasteiger partial charge in [0.25, 0.3) is 0 Å². The first kappa shape index (κ1) is 17.1. The Bertz CT molecular complexity index is 428. The van der Waals surface area contributed by atoms with E-state index in [4.69, 9.17) is 9.84 Å². The Morgan fingerprint density at radius 1 is 1.14 bits per heavy atom. The first-order valence-electron chi connectivity index (χ1n) is 8.29. The molecule has 5 heteroatoms. The van der Waals surface area contributed by atoms with Crippen molar-refractivity contribution in [3.8, 4) is 0 Å². The van der Waals surface area contributed by atoms with Gasteiger partial charge < -0.3 is 15.2 Å². The molecule has 5 nitrogen and oxygen atoms in total. The third kappa shape index (κ3) is 3.73. The minimum absolute atomic E-state index is 0.146. The van der Waals surface area contributed by atoms with Crippen LogP contribution in [0, 0.1) is 11.3 Å². The predicted molar refractivity (Wildman–Crippen MR) is 83.7 cm³/mol. The van der Waals surface area contributed by atoms with Crippen molar-refractivity contribution in [1.82, 2.24) is 5.32 Å². The van der Waals surface area contributed by atoms with Crippen molar-refractivity contribution in [3.63, 3.8) is 0 Å². The summed E-state index contributed by atoms with van der Waals surface area (Å²) in [5.41, 5.74) is -0.480. The summed E-state index contributed by atoms with van der Waals surface area (Å²) < 4.78 is 5.38. The fourth-order valence-electron chi connectivity index (χ4n) is 4.14. The van der Waals surface area contributed by atoms with Gasteiger partial charge >= 0.3 is 12.1 Å². The second-order valence-electron chi connectivity index (χ2n) is 8.27. The summed E-state index contributed by atoms with van der Waals surface area (Å²) in [6.45, 7) is 7.66. The van der Waals surface area contributed by atoms with Crippen molar-refractivity contribution in [2.75, 3.05) is 0 Å². The molecule has 3 aliphatic rings. The smallest absolute Gasteiger partial charge is 0.408 e. The Morgan fingerprint density at radius 3 is 2.05 bits per heavy atom. The van der Waals surface area contributed by atoms with E-state index in [1.54, 1.807) is 0 Å². The van der Waals surface area contributed by atoms with Crippen LogP contribution in [-0.4, -0.2) is 28.3 Å². The topological polar surface area (TPSA) is 75.6 Å². The predicted octanol–water partition coefficient (Wildman–Crippen LogP) is 3.71. The summed E-state index contributed by atoms with van der Waals surface area (Å²) in [6, 6.07) is 0. The van der Waals surface area contributed by atoms with Crippen LogP contribution in [0.4, 0.5) is 4.79 Å². The van der Waals surface area contributed by atoms with Gasteiger partial charge in [-0.2, -0.15) is 0 Å². The highest BCUT2D eigenvalue weighted by Crippen LogP contribution is 2.56. The standard InChI is InChI=1S/C17H29NO4/c1-12(11-13(19)20)16-5-8-17(9-6-16,10-7-16)18-14(21)22-15(2,3)4/h12H,5-11H2,1-4H3,(H,18,21)(H,19,20)/t12-,16?,17?/m0/s1. The van der Waals surface area contributed by atoms with E-state index < -0.39 is 11.6 Å². The van der Waals surface area contributed by atoms with Crippen molar-refractivity contribution < 1.29 is 19.4 Å². The maximum absolute atomic E-state index is 12.1. The van der Waals surface area contributed by atoms with Crippen LogP contribution in [0.5, 0.6) is 0 Å². The van der Waals surface area contributed by atoms with E-state index in [0.29, 0.717) is 0 Å². The third-order valence-corrected chi connectivity index (χ3v) is 5.60. The van der Waals surface area contributed by atoms with Gasteiger partial charge in [0.1, 0.15) is 5.60 Å². The Kier molecular flexibility index (Phi) is 4.46. The first-order valence-corrected chi connectivity index (χ1v) is 8.29. The Hall–Kier alpha value is -1.26. The van der Waals surface area contributed by atoms with Crippen LogP contribution >= 0.6 is 0 Å². The number of alkyl carbamates (subject to hydrolysis) is 1. The molecule has 2 N–H and O–H groups in total. The second kappa shape index (κ2) is 5.74. The van der Waals surface area contributed by atoms with E-state index in [9.17, 15) is 9.59 Å². The highest BCUT2D eigenvalue weighted by Gasteiger charge is 2.51. The lowest BCUT2D eigenvalue weighted by Gasteiger charge is -2.55. The molecule has 3 aliphatic carbocycles. The molecule has 1 amide bonds. The number of rotatable bonds is 4. The molecule has 2 bridgehead atoms. The molecule has 0 aromatic carbocycles. The number of nitrogens with one attached hydrogen (secondary N) is 1. The van der Waals surface area contributed by atoms with Gasteiger partial charge in [0.2, 0.25) is 0 Å². The van der Waals surface area contributed by atoms with Crippen molar-refractivity contribution in [2.24, 2.45) is 11.3 Å². The fraction of sp³-hybridized carbons (Fsp3) is 0.882. The van der Waals surface area contributed by atoms with Gasteiger partial charge in [-0.15, -0.1) is 0 Å². The number of amides is 1. The maximum Gasteiger partial charge on any atom is 0.408 e. The van der Waals surface area contributed by atoms with Gasteiger partial charge in [0, 0.05) is 12.0 Å². The number of fused-ring (bicyclic) bond motifs is 3. The summed E-state index contributed by atoms with van der Waals surface area (Å²) in [7, 11) is 0. The van der Waals surface area contributed by atoms with Crippen LogP contribution < -0.4 is 5.32 Å². The van der Waals surface area contributed by atoms with Crippen LogP contribution in [-0.2, 0) is 9.53 Å². The molecule has 3 rings (SSSR count). The van der Waals surface area contributed by atoms with E-state index in [1.165, 1.54) is 0 Å². The van der Waals surface area contributed by atoms with Gasteiger partial charge in [0.15, 0.2) is 0 Å². The molecule has 3 saturated carbocycles. The first-order chi connectivity index (χ1) is 10.1. The van der Waals surface area contributed by atoms with Crippen molar-refractivity contribution in [2.45, 2.75) is 83.8 Å². The molecule has 0 aromatic heterocycles. The SMILES string of the molecule is C[C@@H](CC(=O)O)C12CCC(NC(=O)OC(C)(C)C)(CC1)CC2. The van der Waals surface area contributed by atoms with E-state index in [2.05, 4.69) is 12.2 Å². The number of carbonyl (C=O) groups is 2. The zero-order valence-electron chi connectivity index (χ0n) is 14.2. The molecular weight excluding hydrogens is 282 g/mol. The summed E-state index contributed by atoms with van der Waals surface area (Å²) in [6.07, 6.45) is 5.68. The van der Waals surface area contributed by atoms with Crippen LogP contribution in [0.2, 0.25) is 0 Å². The molecule has 126 valence electrons. The Balaban J connectivity index is 1.95. The zero-order chi connectivity index (χ0) is 16.6.